The zero-order chi connectivity index (χ0) is 15.4. The molecule has 1 aromatic carbocycles. The van der Waals surface area contributed by atoms with Crippen LogP contribution in [0.1, 0.15) is 38.8 Å². The Kier molecular flexibility index (Phi) is 5.73. The van der Waals surface area contributed by atoms with Crippen molar-refractivity contribution >= 4 is 0 Å². The molecular weight excluding hydrogens is 269 g/mol. The van der Waals surface area contributed by atoms with Crippen LogP contribution in [0.2, 0.25) is 0 Å². The molecule has 1 heterocycles. The molecule has 3 nitrogen and oxygen atoms in total. The summed E-state index contributed by atoms with van der Waals surface area (Å²) in [7, 11) is 0. The number of aliphatic hydroxyl groups excluding tert-OH is 1. The maximum Gasteiger partial charge on any atom is 0.123 e. The van der Waals surface area contributed by atoms with Crippen LogP contribution >= 0.6 is 0 Å². The molecule has 4 heteroatoms. The standard InChI is InChI=1S/C17H26FNO2/c1-12(2)21-11-16(20)10-19-8-7-13(3)17(19)14-5-4-6-15(18)9-14/h4-6,9,12-13,16-17,20H,7-8,10-11H2,1-3H3. The first-order chi connectivity index (χ1) is 9.97. The van der Waals surface area contributed by atoms with Crippen molar-refractivity contribution in [2.45, 2.75) is 45.4 Å². The largest absolute Gasteiger partial charge is 0.389 e. The van der Waals surface area contributed by atoms with Gasteiger partial charge in [-0.3, -0.25) is 4.90 Å². The first kappa shape index (κ1) is 16.4. The minimum Gasteiger partial charge on any atom is -0.389 e. The van der Waals surface area contributed by atoms with Gasteiger partial charge in [0, 0.05) is 12.6 Å². The quantitative estimate of drug-likeness (QED) is 0.875. The second-order valence-electron chi connectivity index (χ2n) is 6.30. The number of rotatable bonds is 6. The van der Waals surface area contributed by atoms with E-state index < -0.39 is 6.10 Å². The molecule has 3 atom stereocenters. The predicted octanol–water partition coefficient (Wildman–Crippen LogP) is 2.99. The van der Waals surface area contributed by atoms with Gasteiger partial charge in [-0.15, -0.1) is 0 Å². The molecule has 0 bridgehead atoms. The molecule has 0 spiro atoms. The third-order valence-corrected chi connectivity index (χ3v) is 4.06. The molecule has 2 rings (SSSR count). The molecule has 1 aliphatic heterocycles. The molecule has 118 valence electrons. The molecule has 1 N–H and O–H groups in total. The van der Waals surface area contributed by atoms with E-state index in [1.807, 2.05) is 19.9 Å². The Balaban J connectivity index is 2.01. The van der Waals surface area contributed by atoms with Crippen LogP contribution in [0.4, 0.5) is 4.39 Å². The van der Waals surface area contributed by atoms with Gasteiger partial charge >= 0.3 is 0 Å². The molecular formula is C17H26FNO2. The monoisotopic (exact) mass is 295 g/mol. The van der Waals surface area contributed by atoms with Crippen LogP contribution in [0.15, 0.2) is 24.3 Å². The van der Waals surface area contributed by atoms with E-state index in [-0.39, 0.29) is 18.0 Å². The van der Waals surface area contributed by atoms with Gasteiger partial charge in [0.05, 0.1) is 18.8 Å². The highest BCUT2D eigenvalue weighted by Crippen LogP contribution is 2.37. The molecule has 1 aromatic rings. The molecule has 0 saturated carbocycles. The smallest absolute Gasteiger partial charge is 0.123 e. The Morgan fingerprint density at radius 3 is 2.86 bits per heavy atom. The second kappa shape index (κ2) is 7.34. The Labute approximate surface area is 126 Å². The minimum atomic E-state index is -0.506. The van der Waals surface area contributed by atoms with Gasteiger partial charge in [0.25, 0.3) is 0 Å². The molecule has 0 amide bonds. The van der Waals surface area contributed by atoms with Gasteiger partial charge < -0.3 is 9.84 Å². The van der Waals surface area contributed by atoms with Crippen LogP contribution in [0.5, 0.6) is 0 Å². The summed E-state index contributed by atoms with van der Waals surface area (Å²) in [5.74, 6) is 0.264. The normalized spacial score (nSPS) is 24.7. The lowest BCUT2D eigenvalue weighted by atomic mass is 9.95. The molecule has 21 heavy (non-hydrogen) atoms. The number of aliphatic hydroxyl groups is 1. The van der Waals surface area contributed by atoms with E-state index in [2.05, 4.69) is 11.8 Å². The van der Waals surface area contributed by atoms with Crippen molar-refractivity contribution in [3.05, 3.63) is 35.6 Å². The van der Waals surface area contributed by atoms with Crippen molar-refractivity contribution in [3.63, 3.8) is 0 Å². The van der Waals surface area contributed by atoms with Gasteiger partial charge in [0.2, 0.25) is 0 Å². The summed E-state index contributed by atoms with van der Waals surface area (Å²) in [6, 6.07) is 6.98. The summed E-state index contributed by atoms with van der Waals surface area (Å²) >= 11 is 0. The van der Waals surface area contributed by atoms with Crippen LogP contribution < -0.4 is 0 Å². The lowest BCUT2D eigenvalue weighted by molar-refractivity contribution is -0.0111. The highest BCUT2D eigenvalue weighted by Gasteiger charge is 2.33. The molecule has 3 unspecified atom stereocenters. The fourth-order valence-electron chi connectivity index (χ4n) is 3.09. The van der Waals surface area contributed by atoms with Crippen molar-refractivity contribution < 1.29 is 14.2 Å². The number of hydrogen-bond acceptors (Lipinski definition) is 3. The van der Waals surface area contributed by atoms with Gasteiger partial charge in [0.15, 0.2) is 0 Å². The molecule has 0 radical (unpaired) electrons. The van der Waals surface area contributed by atoms with Gasteiger partial charge in [-0.25, -0.2) is 4.39 Å². The van der Waals surface area contributed by atoms with Gasteiger partial charge in [-0.2, -0.15) is 0 Å². The van der Waals surface area contributed by atoms with Gasteiger partial charge in [0.1, 0.15) is 5.82 Å². The van der Waals surface area contributed by atoms with E-state index in [4.69, 9.17) is 4.74 Å². The Morgan fingerprint density at radius 1 is 1.43 bits per heavy atom. The highest BCUT2D eigenvalue weighted by molar-refractivity contribution is 5.22. The van der Waals surface area contributed by atoms with Crippen molar-refractivity contribution in [3.8, 4) is 0 Å². The number of ether oxygens (including phenoxy) is 1. The summed E-state index contributed by atoms with van der Waals surface area (Å²) in [5, 5.41) is 10.1. The Morgan fingerprint density at radius 2 is 2.19 bits per heavy atom. The van der Waals surface area contributed by atoms with E-state index >= 15 is 0 Å². The van der Waals surface area contributed by atoms with Crippen molar-refractivity contribution in [2.24, 2.45) is 5.92 Å². The summed E-state index contributed by atoms with van der Waals surface area (Å²) < 4.78 is 18.9. The minimum absolute atomic E-state index is 0.121. The van der Waals surface area contributed by atoms with E-state index in [0.717, 1.165) is 18.5 Å². The van der Waals surface area contributed by atoms with Crippen molar-refractivity contribution in [1.82, 2.24) is 4.90 Å². The number of halogens is 1. The van der Waals surface area contributed by atoms with E-state index in [1.54, 1.807) is 12.1 Å². The van der Waals surface area contributed by atoms with Crippen LogP contribution in [0.25, 0.3) is 0 Å². The van der Waals surface area contributed by atoms with Crippen LogP contribution in [-0.2, 0) is 4.74 Å². The number of β-amino-alcohol motifs (C(OH)–C–C–N with tert-alkyl or cyclic N) is 1. The van der Waals surface area contributed by atoms with Crippen molar-refractivity contribution in [1.29, 1.82) is 0 Å². The molecule has 0 aliphatic carbocycles. The van der Waals surface area contributed by atoms with Crippen LogP contribution in [0, 0.1) is 11.7 Å². The van der Waals surface area contributed by atoms with E-state index in [0.29, 0.717) is 19.1 Å². The zero-order valence-electron chi connectivity index (χ0n) is 13.1. The lowest BCUT2D eigenvalue weighted by Crippen LogP contribution is -2.36. The van der Waals surface area contributed by atoms with Crippen molar-refractivity contribution in [2.75, 3.05) is 19.7 Å². The number of hydrogen-bond donors (Lipinski definition) is 1. The summed E-state index contributed by atoms with van der Waals surface area (Å²) in [6.07, 6.45) is 0.684. The first-order valence-corrected chi connectivity index (χ1v) is 7.76. The maximum absolute atomic E-state index is 13.5. The fourth-order valence-corrected chi connectivity index (χ4v) is 3.09. The summed E-state index contributed by atoms with van der Waals surface area (Å²) in [5.41, 5.74) is 0.997. The van der Waals surface area contributed by atoms with Crippen LogP contribution in [-0.4, -0.2) is 41.9 Å². The SMILES string of the molecule is CC(C)OCC(O)CN1CCC(C)C1c1cccc(F)c1. The van der Waals surface area contributed by atoms with E-state index in [1.165, 1.54) is 6.07 Å². The number of likely N-dealkylation sites (tertiary alicyclic amines) is 1. The molecule has 1 saturated heterocycles. The number of benzene rings is 1. The zero-order valence-corrected chi connectivity index (χ0v) is 13.1. The predicted molar refractivity (Wildman–Crippen MR) is 81.6 cm³/mol. The summed E-state index contributed by atoms with van der Waals surface area (Å²) in [6.45, 7) is 7.95. The average molecular weight is 295 g/mol. The topological polar surface area (TPSA) is 32.7 Å². The maximum atomic E-state index is 13.5. The first-order valence-electron chi connectivity index (χ1n) is 7.76. The Bertz CT molecular complexity index is 452. The fraction of sp³-hybridized carbons (Fsp3) is 0.647. The third kappa shape index (κ3) is 4.50. The average Bonchev–Trinajstić information content (AvgIpc) is 2.77. The molecule has 1 fully saturated rings. The third-order valence-electron chi connectivity index (χ3n) is 4.06. The molecule has 0 aromatic heterocycles. The lowest BCUT2D eigenvalue weighted by Gasteiger charge is -2.29. The van der Waals surface area contributed by atoms with Gasteiger partial charge in [-0.1, -0.05) is 19.1 Å². The summed E-state index contributed by atoms with van der Waals surface area (Å²) in [4.78, 5) is 2.24. The van der Waals surface area contributed by atoms with Crippen LogP contribution in [0.3, 0.4) is 0 Å². The Hall–Kier alpha value is -0.970. The number of nitrogens with zero attached hydrogens (tertiary/aromatic N) is 1. The van der Waals surface area contributed by atoms with E-state index in [9.17, 15) is 9.50 Å². The second-order valence-corrected chi connectivity index (χ2v) is 6.30. The molecule has 1 aliphatic rings. The van der Waals surface area contributed by atoms with Gasteiger partial charge in [-0.05, 0) is 50.4 Å². The highest BCUT2D eigenvalue weighted by atomic mass is 19.1.